The Kier molecular flexibility index (Phi) is 5.09. The van der Waals surface area contributed by atoms with Crippen molar-refractivity contribution in [1.82, 2.24) is 34.3 Å². The predicted molar refractivity (Wildman–Crippen MR) is 112 cm³/mol. The van der Waals surface area contributed by atoms with Gasteiger partial charge in [0.05, 0.1) is 5.69 Å². The van der Waals surface area contributed by atoms with Crippen molar-refractivity contribution in [2.75, 3.05) is 0 Å². The molecule has 1 saturated carbocycles. The average Bonchev–Trinajstić information content (AvgIpc) is 3.37. The summed E-state index contributed by atoms with van der Waals surface area (Å²) in [6, 6.07) is 6.56. The zero-order valence-electron chi connectivity index (χ0n) is 17.6. The molecule has 5 rings (SSSR count). The molecular formula is C22H24FN7O. The van der Waals surface area contributed by atoms with Crippen LogP contribution in [0.5, 0.6) is 5.88 Å². The van der Waals surface area contributed by atoms with Crippen LogP contribution in [0, 0.1) is 12.7 Å². The second kappa shape index (κ2) is 8.05. The Hall–Kier alpha value is -3.36. The molecule has 0 amide bonds. The van der Waals surface area contributed by atoms with Gasteiger partial charge < -0.3 is 4.74 Å². The van der Waals surface area contributed by atoms with E-state index >= 15 is 0 Å². The molecule has 0 aliphatic heterocycles. The van der Waals surface area contributed by atoms with Gasteiger partial charge in [-0.15, -0.1) is 10.2 Å². The van der Waals surface area contributed by atoms with Gasteiger partial charge in [-0.1, -0.05) is 31.4 Å². The van der Waals surface area contributed by atoms with E-state index in [1.165, 1.54) is 31.7 Å². The van der Waals surface area contributed by atoms with E-state index in [0.29, 0.717) is 40.4 Å². The van der Waals surface area contributed by atoms with Gasteiger partial charge in [0.25, 0.3) is 0 Å². The van der Waals surface area contributed by atoms with Crippen molar-refractivity contribution in [2.45, 2.75) is 51.6 Å². The average molecular weight is 421 g/mol. The van der Waals surface area contributed by atoms with Crippen LogP contribution in [-0.4, -0.2) is 34.3 Å². The van der Waals surface area contributed by atoms with Gasteiger partial charge in [-0.2, -0.15) is 10.1 Å². The number of fused-ring (bicyclic) bond motifs is 1. The standard InChI is InChI=1S/C22H24FN7O/c1-14-27-28-19(16-10-6-7-11-17(16)23)21-26-22(31-12-18-24-13-25-29(18)2)20(30(14)21)15-8-4-3-5-9-15/h6-7,10-11,13,15H,3-5,8-9,12H2,1-2H3. The van der Waals surface area contributed by atoms with Crippen molar-refractivity contribution in [3.05, 3.63) is 53.8 Å². The molecular weight excluding hydrogens is 397 g/mol. The molecule has 0 unspecified atom stereocenters. The normalized spacial score (nSPS) is 14.9. The van der Waals surface area contributed by atoms with Crippen molar-refractivity contribution in [3.8, 4) is 17.1 Å². The van der Waals surface area contributed by atoms with Gasteiger partial charge in [0.2, 0.25) is 5.88 Å². The molecule has 1 aromatic carbocycles. The zero-order chi connectivity index (χ0) is 21.4. The molecule has 1 aliphatic carbocycles. The lowest BCUT2D eigenvalue weighted by atomic mass is 9.87. The van der Waals surface area contributed by atoms with E-state index in [1.807, 2.05) is 18.4 Å². The number of hydrogen-bond acceptors (Lipinski definition) is 6. The molecule has 0 spiro atoms. The van der Waals surface area contributed by atoms with Gasteiger partial charge in [-0.05, 0) is 31.9 Å². The third kappa shape index (κ3) is 3.54. The van der Waals surface area contributed by atoms with Crippen molar-refractivity contribution < 1.29 is 9.13 Å². The van der Waals surface area contributed by atoms with Crippen molar-refractivity contribution in [3.63, 3.8) is 0 Å². The molecule has 31 heavy (non-hydrogen) atoms. The number of benzene rings is 1. The fourth-order valence-electron chi connectivity index (χ4n) is 4.36. The van der Waals surface area contributed by atoms with Crippen molar-refractivity contribution >= 4 is 5.65 Å². The minimum absolute atomic E-state index is 0.245. The van der Waals surface area contributed by atoms with E-state index in [9.17, 15) is 4.39 Å². The molecule has 1 fully saturated rings. The first kappa shape index (κ1) is 19.6. The van der Waals surface area contributed by atoms with Gasteiger partial charge in [-0.3, -0.25) is 9.08 Å². The largest absolute Gasteiger partial charge is 0.468 e. The molecule has 9 heteroatoms. The van der Waals surface area contributed by atoms with Crippen LogP contribution in [0.1, 0.15) is 55.4 Å². The number of ether oxygens (including phenoxy) is 1. The molecule has 160 valence electrons. The maximum atomic E-state index is 14.6. The number of imidazole rings is 1. The van der Waals surface area contributed by atoms with Crippen LogP contribution in [0.4, 0.5) is 4.39 Å². The Balaban J connectivity index is 1.67. The summed E-state index contributed by atoms with van der Waals surface area (Å²) in [5.41, 5.74) is 2.34. The molecule has 0 atom stereocenters. The fraction of sp³-hybridized carbons (Fsp3) is 0.409. The summed E-state index contributed by atoms with van der Waals surface area (Å²) < 4.78 is 24.4. The molecule has 1 aliphatic rings. The number of rotatable bonds is 5. The maximum Gasteiger partial charge on any atom is 0.236 e. The Morgan fingerprint density at radius 1 is 1.13 bits per heavy atom. The summed E-state index contributed by atoms with van der Waals surface area (Å²) in [7, 11) is 1.83. The highest BCUT2D eigenvalue weighted by molar-refractivity contribution is 5.75. The Morgan fingerprint density at radius 2 is 1.94 bits per heavy atom. The van der Waals surface area contributed by atoms with E-state index in [1.54, 1.807) is 22.9 Å². The third-order valence-electron chi connectivity index (χ3n) is 5.97. The Bertz CT molecular complexity index is 1230. The number of halogens is 1. The summed E-state index contributed by atoms with van der Waals surface area (Å²) in [5, 5.41) is 12.7. The maximum absolute atomic E-state index is 14.6. The highest BCUT2D eigenvalue weighted by Crippen LogP contribution is 2.40. The Morgan fingerprint density at radius 3 is 2.68 bits per heavy atom. The van der Waals surface area contributed by atoms with Crippen LogP contribution < -0.4 is 4.74 Å². The quantitative estimate of drug-likeness (QED) is 0.484. The SMILES string of the molecule is Cc1nnc(-c2ccccc2F)c2nc(OCc3ncnn3C)c(C3CCCCC3)n12. The van der Waals surface area contributed by atoms with Gasteiger partial charge in [-0.25, -0.2) is 9.37 Å². The number of hydrogen-bond donors (Lipinski definition) is 0. The molecule has 3 aromatic heterocycles. The molecule has 0 saturated heterocycles. The first-order chi connectivity index (χ1) is 15.1. The minimum Gasteiger partial charge on any atom is -0.468 e. The summed E-state index contributed by atoms with van der Waals surface area (Å²) in [4.78, 5) is 9.05. The fourth-order valence-corrected chi connectivity index (χ4v) is 4.36. The molecule has 4 aromatic rings. The molecule has 0 bridgehead atoms. The predicted octanol–water partition coefficient (Wildman–Crippen LogP) is 3.99. The first-order valence-electron chi connectivity index (χ1n) is 10.6. The second-order valence-electron chi connectivity index (χ2n) is 7.96. The van der Waals surface area contributed by atoms with Crippen molar-refractivity contribution in [2.24, 2.45) is 7.05 Å². The highest BCUT2D eigenvalue weighted by atomic mass is 19.1. The van der Waals surface area contributed by atoms with Crippen LogP contribution in [0.3, 0.4) is 0 Å². The highest BCUT2D eigenvalue weighted by Gasteiger charge is 2.28. The van der Waals surface area contributed by atoms with E-state index < -0.39 is 0 Å². The van der Waals surface area contributed by atoms with Gasteiger partial charge >= 0.3 is 0 Å². The van der Waals surface area contributed by atoms with Gasteiger partial charge in [0.15, 0.2) is 11.5 Å². The monoisotopic (exact) mass is 421 g/mol. The summed E-state index contributed by atoms with van der Waals surface area (Å²) in [6.07, 6.45) is 7.19. The molecule has 0 radical (unpaired) electrons. The Labute approximate surface area is 179 Å². The van der Waals surface area contributed by atoms with Gasteiger partial charge in [0.1, 0.15) is 30.3 Å². The number of nitrogens with zero attached hydrogens (tertiary/aromatic N) is 7. The van der Waals surface area contributed by atoms with Crippen LogP contribution in [0.2, 0.25) is 0 Å². The van der Waals surface area contributed by atoms with Gasteiger partial charge in [0, 0.05) is 18.5 Å². The third-order valence-corrected chi connectivity index (χ3v) is 5.97. The number of aryl methyl sites for hydroxylation is 2. The summed E-state index contributed by atoms with van der Waals surface area (Å²) >= 11 is 0. The smallest absolute Gasteiger partial charge is 0.236 e. The van der Waals surface area contributed by atoms with Crippen molar-refractivity contribution in [1.29, 1.82) is 0 Å². The summed E-state index contributed by atoms with van der Waals surface area (Å²) in [5.74, 6) is 1.89. The van der Waals surface area contributed by atoms with Crippen LogP contribution in [-0.2, 0) is 13.7 Å². The van der Waals surface area contributed by atoms with Crippen LogP contribution in [0.25, 0.3) is 16.9 Å². The van der Waals surface area contributed by atoms with Crippen LogP contribution in [0.15, 0.2) is 30.6 Å². The molecule has 8 nitrogen and oxygen atoms in total. The van der Waals surface area contributed by atoms with E-state index in [4.69, 9.17) is 9.72 Å². The second-order valence-corrected chi connectivity index (χ2v) is 7.96. The lowest BCUT2D eigenvalue weighted by Crippen LogP contribution is -2.12. The molecule has 0 N–H and O–H groups in total. The first-order valence-corrected chi connectivity index (χ1v) is 10.6. The van der Waals surface area contributed by atoms with Crippen LogP contribution >= 0.6 is 0 Å². The topological polar surface area (TPSA) is 83.0 Å². The molecule has 3 heterocycles. The summed E-state index contributed by atoms with van der Waals surface area (Å²) in [6.45, 7) is 2.14. The lowest BCUT2D eigenvalue weighted by Gasteiger charge is -2.22. The van der Waals surface area contributed by atoms with E-state index in [2.05, 4.69) is 20.3 Å². The number of aromatic nitrogens is 7. The van der Waals surface area contributed by atoms with E-state index in [-0.39, 0.29) is 12.4 Å². The van der Waals surface area contributed by atoms with E-state index in [0.717, 1.165) is 18.5 Å². The minimum atomic E-state index is -0.355. The zero-order valence-corrected chi connectivity index (χ0v) is 17.6. The lowest BCUT2D eigenvalue weighted by molar-refractivity contribution is 0.271.